The predicted molar refractivity (Wildman–Crippen MR) is 86.4 cm³/mol. The molecule has 124 valence electrons. The first-order chi connectivity index (χ1) is 10.9. The van der Waals surface area contributed by atoms with E-state index in [9.17, 15) is 13.5 Å². The molecule has 1 atom stereocenters. The molecule has 0 spiro atoms. The normalized spacial score (nSPS) is 22.6. The van der Waals surface area contributed by atoms with Gasteiger partial charge in [0.2, 0.25) is 10.0 Å². The lowest BCUT2D eigenvalue weighted by molar-refractivity contribution is 0.0531. The van der Waals surface area contributed by atoms with Crippen LogP contribution in [0.3, 0.4) is 0 Å². The second-order valence-corrected chi connectivity index (χ2v) is 7.83. The summed E-state index contributed by atoms with van der Waals surface area (Å²) in [6.45, 7) is 4.58. The molecule has 0 bridgehead atoms. The fourth-order valence-corrected chi connectivity index (χ4v) is 4.66. The zero-order chi connectivity index (χ0) is 16.7. The minimum absolute atomic E-state index is 0.0656. The molecular weight excluding hydrogens is 314 g/mol. The lowest BCUT2D eigenvalue weighted by Crippen LogP contribution is -2.34. The van der Waals surface area contributed by atoms with Gasteiger partial charge in [0, 0.05) is 25.8 Å². The van der Waals surface area contributed by atoms with Gasteiger partial charge in [-0.1, -0.05) is 30.3 Å². The van der Waals surface area contributed by atoms with Crippen molar-refractivity contribution in [3.63, 3.8) is 0 Å². The first-order valence-electron chi connectivity index (χ1n) is 7.69. The first kappa shape index (κ1) is 16.2. The molecular formula is C16H21N3O3S. The van der Waals surface area contributed by atoms with E-state index in [1.165, 1.54) is 4.31 Å². The number of hydrogen-bond donors (Lipinski definition) is 1. The van der Waals surface area contributed by atoms with Gasteiger partial charge in [0.15, 0.2) is 0 Å². The number of β-amino-alcohol motifs (C(OH)–C–C–N with tert-alkyl or cyclic N) is 1. The molecule has 6 nitrogen and oxygen atoms in total. The van der Waals surface area contributed by atoms with Gasteiger partial charge < -0.3 is 5.11 Å². The highest BCUT2D eigenvalue weighted by molar-refractivity contribution is 7.89. The standard InChI is InChI=1S/C16H21N3O3S/c1-3-18-11-15(13(2)17-18)23(21,22)19-10-9-16(20,12-19)14-7-5-4-6-8-14/h4-8,11,20H,3,9-10,12H2,1-2H3/t16-/m1/s1. The van der Waals surface area contributed by atoms with Crippen LogP contribution >= 0.6 is 0 Å². The number of aromatic nitrogens is 2. The molecule has 1 fully saturated rings. The summed E-state index contributed by atoms with van der Waals surface area (Å²) in [6, 6.07) is 9.23. The maximum Gasteiger partial charge on any atom is 0.246 e. The molecule has 1 aromatic carbocycles. The van der Waals surface area contributed by atoms with Gasteiger partial charge in [-0.25, -0.2) is 8.42 Å². The van der Waals surface area contributed by atoms with Crippen LogP contribution in [0, 0.1) is 6.92 Å². The molecule has 1 aliphatic rings. The Hall–Kier alpha value is -1.70. The average Bonchev–Trinajstić information content (AvgIpc) is 3.13. The van der Waals surface area contributed by atoms with Gasteiger partial charge in [-0.3, -0.25) is 4.68 Å². The maximum absolute atomic E-state index is 12.9. The lowest BCUT2D eigenvalue weighted by Gasteiger charge is -2.23. The van der Waals surface area contributed by atoms with E-state index in [1.54, 1.807) is 17.8 Å². The van der Waals surface area contributed by atoms with Crippen LogP contribution in [0.5, 0.6) is 0 Å². The van der Waals surface area contributed by atoms with Crippen LogP contribution in [0.2, 0.25) is 0 Å². The summed E-state index contributed by atoms with van der Waals surface area (Å²) in [5.41, 5.74) is 0.101. The van der Waals surface area contributed by atoms with Gasteiger partial charge in [0.1, 0.15) is 10.5 Å². The van der Waals surface area contributed by atoms with E-state index in [2.05, 4.69) is 5.10 Å². The van der Waals surface area contributed by atoms with E-state index in [0.29, 0.717) is 25.2 Å². The summed E-state index contributed by atoms with van der Waals surface area (Å²) >= 11 is 0. The first-order valence-corrected chi connectivity index (χ1v) is 9.13. The fraction of sp³-hybridized carbons (Fsp3) is 0.438. The van der Waals surface area contributed by atoms with Crippen molar-refractivity contribution in [2.24, 2.45) is 0 Å². The van der Waals surface area contributed by atoms with Crippen LogP contribution in [0.25, 0.3) is 0 Å². The van der Waals surface area contributed by atoms with E-state index in [4.69, 9.17) is 0 Å². The zero-order valence-electron chi connectivity index (χ0n) is 13.3. The molecule has 0 radical (unpaired) electrons. The molecule has 2 heterocycles. The fourth-order valence-electron chi connectivity index (χ4n) is 3.00. The number of aryl methyl sites for hydroxylation is 2. The topological polar surface area (TPSA) is 75.4 Å². The Morgan fingerprint density at radius 2 is 2.00 bits per heavy atom. The smallest absolute Gasteiger partial charge is 0.246 e. The van der Waals surface area contributed by atoms with Gasteiger partial charge in [0.05, 0.1) is 5.69 Å². The van der Waals surface area contributed by atoms with Crippen LogP contribution in [0.4, 0.5) is 0 Å². The third-order valence-electron chi connectivity index (χ3n) is 4.37. The van der Waals surface area contributed by atoms with Crippen LogP contribution in [0.1, 0.15) is 24.6 Å². The molecule has 0 unspecified atom stereocenters. The summed E-state index contributed by atoms with van der Waals surface area (Å²) < 4.78 is 28.7. The second kappa shape index (κ2) is 5.74. The third kappa shape index (κ3) is 2.80. The molecule has 1 N–H and O–H groups in total. The van der Waals surface area contributed by atoms with E-state index >= 15 is 0 Å². The number of hydrogen-bond acceptors (Lipinski definition) is 4. The molecule has 2 aromatic rings. The zero-order valence-corrected chi connectivity index (χ0v) is 14.1. The molecule has 3 rings (SSSR count). The Balaban J connectivity index is 1.90. The Morgan fingerprint density at radius 3 is 2.61 bits per heavy atom. The van der Waals surface area contributed by atoms with Crippen LogP contribution in [0.15, 0.2) is 41.4 Å². The van der Waals surface area contributed by atoms with Crippen molar-refractivity contribution in [1.29, 1.82) is 0 Å². The van der Waals surface area contributed by atoms with E-state index in [1.807, 2.05) is 37.3 Å². The van der Waals surface area contributed by atoms with Crippen molar-refractivity contribution in [2.45, 2.75) is 37.3 Å². The number of aliphatic hydroxyl groups is 1. The van der Waals surface area contributed by atoms with E-state index in [0.717, 1.165) is 5.56 Å². The largest absolute Gasteiger partial charge is 0.384 e. The molecule has 23 heavy (non-hydrogen) atoms. The molecule has 0 aliphatic carbocycles. The van der Waals surface area contributed by atoms with Crippen molar-refractivity contribution in [3.05, 3.63) is 47.8 Å². The number of rotatable bonds is 4. The number of benzene rings is 1. The molecule has 1 aromatic heterocycles. The Kier molecular flexibility index (Phi) is 4.03. The molecule has 0 saturated carbocycles. The summed E-state index contributed by atoms with van der Waals surface area (Å²) in [7, 11) is -3.65. The minimum atomic E-state index is -3.65. The monoisotopic (exact) mass is 335 g/mol. The molecule has 7 heteroatoms. The average molecular weight is 335 g/mol. The van der Waals surface area contributed by atoms with Crippen molar-refractivity contribution in [2.75, 3.05) is 13.1 Å². The third-order valence-corrected chi connectivity index (χ3v) is 6.32. The predicted octanol–water partition coefficient (Wildman–Crippen LogP) is 1.49. The van der Waals surface area contributed by atoms with Crippen molar-refractivity contribution in [1.82, 2.24) is 14.1 Å². The van der Waals surface area contributed by atoms with Gasteiger partial charge >= 0.3 is 0 Å². The SMILES string of the molecule is CCn1cc(S(=O)(=O)N2CC[C@](O)(c3ccccc3)C2)c(C)n1. The summed E-state index contributed by atoms with van der Waals surface area (Å²) in [5, 5.41) is 15.0. The number of sulfonamides is 1. The van der Waals surface area contributed by atoms with Crippen LogP contribution in [-0.2, 0) is 22.2 Å². The van der Waals surface area contributed by atoms with E-state index in [-0.39, 0.29) is 11.4 Å². The Morgan fingerprint density at radius 1 is 1.30 bits per heavy atom. The minimum Gasteiger partial charge on any atom is -0.384 e. The number of nitrogens with zero attached hydrogens (tertiary/aromatic N) is 3. The molecule has 1 saturated heterocycles. The summed E-state index contributed by atoms with van der Waals surface area (Å²) in [6.07, 6.45) is 1.95. The molecule has 1 aliphatic heterocycles. The quantitative estimate of drug-likeness (QED) is 0.918. The van der Waals surface area contributed by atoms with Gasteiger partial charge in [-0.15, -0.1) is 0 Å². The second-order valence-electron chi connectivity index (χ2n) is 5.92. The maximum atomic E-state index is 12.9. The van der Waals surface area contributed by atoms with Crippen LogP contribution in [-0.4, -0.2) is 40.7 Å². The van der Waals surface area contributed by atoms with Crippen molar-refractivity contribution >= 4 is 10.0 Å². The molecule has 0 amide bonds. The summed E-state index contributed by atoms with van der Waals surface area (Å²) in [4.78, 5) is 0.219. The van der Waals surface area contributed by atoms with Crippen LogP contribution < -0.4 is 0 Å². The van der Waals surface area contributed by atoms with Crippen molar-refractivity contribution < 1.29 is 13.5 Å². The Labute approximate surface area is 136 Å². The van der Waals surface area contributed by atoms with E-state index < -0.39 is 15.6 Å². The highest BCUT2D eigenvalue weighted by atomic mass is 32.2. The summed E-state index contributed by atoms with van der Waals surface area (Å²) in [5.74, 6) is 0. The van der Waals surface area contributed by atoms with Gasteiger partial charge in [-0.05, 0) is 25.8 Å². The van der Waals surface area contributed by atoms with Crippen molar-refractivity contribution in [3.8, 4) is 0 Å². The van der Waals surface area contributed by atoms with Gasteiger partial charge in [0.25, 0.3) is 0 Å². The lowest BCUT2D eigenvalue weighted by atomic mass is 9.93. The Bertz CT molecular complexity index is 801. The highest BCUT2D eigenvalue weighted by Gasteiger charge is 2.43. The van der Waals surface area contributed by atoms with Gasteiger partial charge in [-0.2, -0.15) is 9.40 Å². The highest BCUT2D eigenvalue weighted by Crippen LogP contribution is 2.35.